The molecule has 0 radical (unpaired) electrons. The third-order valence-electron chi connectivity index (χ3n) is 6.22. The minimum Gasteiger partial charge on any atom is -0.428 e. The summed E-state index contributed by atoms with van der Waals surface area (Å²) in [6.07, 6.45) is -1.92. The topological polar surface area (TPSA) is 202 Å². The van der Waals surface area contributed by atoms with Crippen LogP contribution in [0.1, 0.15) is 31.2 Å². The number of carbonyl (C=O) groups is 5. The Kier molecular flexibility index (Phi) is 12.0. The molecule has 2 heterocycles. The summed E-state index contributed by atoms with van der Waals surface area (Å²) in [5.41, 5.74) is 1.62. The van der Waals surface area contributed by atoms with E-state index in [0.717, 1.165) is 0 Å². The summed E-state index contributed by atoms with van der Waals surface area (Å²) in [5.74, 6) is -0.933. The third kappa shape index (κ3) is 9.73. The fourth-order valence-corrected chi connectivity index (χ4v) is 3.87. The summed E-state index contributed by atoms with van der Waals surface area (Å²) in [4.78, 5) is 65.7. The lowest BCUT2D eigenvalue weighted by Gasteiger charge is -2.19. The maximum absolute atomic E-state index is 12.8. The first-order valence-corrected chi connectivity index (χ1v) is 14.0. The smallest absolute Gasteiger partial charge is 0.428 e. The van der Waals surface area contributed by atoms with Crippen molar-refractivity contribution in [2.24, 2.45) is 0 Å². The highest BCUT2D eigenvalue weighted by molar-refractivity contribution is 6.01. The van der Waals surface area contributed by atoms with Gasteiger partial charge in [-0.3, -0.25) is 19.2 Å². The molecule has 3 aromatic rings. The number of methoxy groups -OCH3 is 1. The lowest BCUT2D eigenvalue weighted by molar-refractivity contribution is -0.177. The van der Waals surface area contributed by atoms with E-state index >= 15 is 0 Å². The average molecular weight is 638 g/mol. The van der Waals surface area contributed by atoms with Crippen LogP contribution in [0, 0.1) is 0 Å². The number of hydroxylamine groups is 2. The molecule has 0 bridgehead atoms. The maximum atomic E-state index is 12.8. The fourth-order valence-electron chi connectivity index (χ4n) is 3.87. The van der Waals surface area contributed by atoms with Gasteiger partial charge in [-0.2, -0.15) is 0 Å². The van der Waals surface area contributed by atoms with Gasteiger partial charge >= 0.3 is 12.2 Å². The van der Waals surface area contributed by atoms with Crippen LogP contribution in [0.5, 0.6) is 5.75 Å². The maximum Gasteiger partial charge on any atom is 0.534 e. The number of anilines is 1. The van der Waals surface area contributed by atoms with Crippen LogP contribution >= 0.6 is 0 Å². The molecule has 17 nitrogen and oxygen atoms in total. The van der Waals surface area contributed by atoms with Gasteiger partial charge in [-0.15, -0.1) is 20.4 Å². The van der Waals surface area contributed by atoms with Gasteiger partial charge in [0, 0.05) is 37.7 Å². The van der Waals surface area contributed by atoms with Crippen LogP contribution in [-0.4, -0.2) is 93.8 Å². The number of carbonyl (C=O) groups excluding carboxylic acids is 5. The van der Waals surface area contributed by atoms with Crippen molar-refractivity contribution in [3.8, 4) is 17.1 Å². The number of aromatic nitrogens is 4. The minimum atomic E-state index is -1.20. The van der Waals surface area contributed by atoms with Crippen molar-refractivity contribution in [3.63, 3.8) is 0 Å². The first-order chi connectivity index (χ1) is 22.2. The number of nitrogens with zero attached hydrogens (tertiary/aromatic N) is 6. The van der Waals surface area contributed by atoms with Crippen molar-refractivity contribution in [3.05, 3.63) is 59.9 Å². The normalized spacial score (nSPS) is 12.5. The first kappa shape index (κ1) is 33.3. The Hall–Kier alpha value is -5.55. The van der Waals surface area contributed by atoms with E-state index in [2.05, 4.69) is 30.5 Å². The summed E-state index contributed by atoms with van der Waals surface area (Å²) in [7, 11) is 1.54. The summed E-state index contributed by atoms with van der Waals surface area (Å²) in [5, 5.41) is 19.5. The van der Waals surface area contributed by atoms with E-state index in [0.29, 0.717) is 35.1 Å². The minimum absolute atomic E-state index is 0.0230. The number of amides is 4. The highest BCUT2D eigenvalue weighted by Crippen LogP contribution is 2.19. The fraction of sp³-hybridized carbons (Fsp3) is 0.345. The molecule has 1 N–H and O–H groups in total. The molecule has 1 aliphatic heterocycles. The summed E-state index contributed by atoms with van der Waals surface area (Å²) < 4.78 is 20.5. The van der Waals surface area contributed by atoms with E-state index in [1.807, 2.05) is 0 Å². The number of hydrogen-bond donors (Lipinski definition) is 1. The lowest BCUT2D eigenvalue weighted by Crippen LogP contribution is -2.33. The first-order valence-electron chi connectivity index (χ1n) is 14.0. The molecule has 1 aliphatic rings. The van der Waals surface area contributed by atoms with Gasteiger partial charge in [-0.1, -0.05) is 29.3 Å². The van der Waals surface area contributed by atoms with Gasteiger partial charge in [0.2, 0.25) is 11.7 Å². The number of benzene rings is 2. The molecule has 46 heavy (non-hydrogen) atoms. The Morgan fingerprint density at radius 1 is 0.957 bits per heavy atom. The molecule has 0 atom stereocenters. The molecular formula is C29H31N7O10. The zero-order valence-corrected chi connectivity index (χ0v) is 25.0. The molecular weight excluding hydrogens is 606 g/mol. The van der Waals surface area contributed by atoms with Gasteiger partial charge in [-0.05, 0) is 36.8 Å². The zero-order chi connectivity index (χ0) is 32.9. The molecule has 0 aliphatic carbocycles. The third-order valence-corrected chi connectivity index (χ3v) is 6.22. The van der Waals surface area contributed by atoms with Gasteiger partial charge < -0.3 is 29.2 Å². The largest absolute Gasteiger partial charge is 0.534 e. The highest BCUT2D eigenvalue weighted by atomic mass is 16.8. The van der Waals surface area contributed by atoms with Crippen molar-refractivity contribution in [1.29, 1.82) is 0 Å². The predicted octanol–water partition coefficient (Wildman–Crippen LogP) is 2.27. The number of hydrogen-bond acceptors (Lipinski definition) is 14. The summed E-state index contributed by atoms with van der Waals surface area (Å²) in [6, 6.07) is 13.0. The predicted molar refractivity (Wildman–Crippen MR) is 155 cm³/mol. The highest BCUT2D eigenvalue weighted by Gasteiger charge is 2.33. The van der Waals surface area contributed by atoms with E-state index in [-0.39, 0.29) is 62.5 Å². The second kappa shape index (κ2) is 16.5. The van der Waals surface area contributed by atoms with Crippen LogP contribution in [0.2, 0.25) is 0 Å². The number of rotatable bonds is 14. The summed E-state index contributed by atoms with van der Waals surface area (Å²) >= 11 is 0. The zero-order valence-electron chi connectivity index (χ0n) is 25.0. The summed E-state index contributed by atoms with van der Waals surface area (Å²) in [6.45, 7) is 2.36. The average Bonchev–Trinajstić information content (AvgIpc) is 3.37. The van der Waals surface area contributed by atoms with Crippen LogP contribution in [0.15, 0.2) is 48.5 Å². The monoisotopic (exact) mass is 637 g/mol. The Morgan fingerprint density at radius 2 is 1.67 bits per heavy atom. The van der Waals surface area contributed by atoms with E-state index in [1.165, 1.54) is 17.0 Å². The van der Waals surface area contributed by atoms with E-state index in [4.69, 9.17) is 18.9 Å². The van der Waals surface area contributed by atoms with Gasteiger partial charge in [-0.25, -0.2) is 9.59 Å². The number of ether oxygens (including phenoxy) is 4. The van der Waals surface area contributed by atoms with Crippen LogP contribution in [0.4, 0.5) is 15.3 Å². The van der Waals surface area contributed by atoms with Crippen molar-refractivity contribution >= 4 is 35.7 Å². The molecule has 4 rings (SSSR count). The van der Waals surface area contributed by atoms with Gasteiger partial charge in [0.15, 0.2) is 5.82 Å². The van der Waals surface area contributed by atoms with Gasteiger partial charge in [0.25, 0.3) is 11.8 Å². The van der Waals surface area contributed by atoms with Crippen molar-refractivity contribution < 1.29 is 47.8 Å². The van der Waals surface area contributed by atoms with Crippen LogP contribution < -0.4 is 10.1 Å². The molecule has 1 aromatic heterocycles. The molecule has 242 valence electrons. The van der Waals surface area contributed by atoms with E-state index in [1.54, 1.807) is 50.4 Å². The Bertz CT molecular complexity index is 1520. The number of imide groups is 1. The second-order valence-corrected chi connectivity index (χ2v) is 9.55. The molecule has 0 saturated carbocycles. The Labute approximate surface area is 262 Å². The number of nitrogens with one attached hydrogen (secondary N) is 1. The Morgan fingerprint density at radius 3 is 2.35 bits per heavy atom. The quantitative estimate of drug-likeness (QED) is 0.153. The molecule has 0 unspecified atom stereocenters. The van der Waals surface area contributed by atoms with Crippen molar-refractivity contribution in [2.45, 2.75) is 32.9 Å². The molecule has 1 saturated heterocycles. The van der Waals surface area contributed by atoms with Crippen molar-refractivity contribution in [1.82, 2.24) is 30.4 Å². The van der Waals surface area contributed by atoms with Crippen LogP contribution in [0.25, 0.3) is 11.4 Å². The molecule has 1 fully saturated rings. The molecule has 4 amide bonds. The van der Waals surface area contributed by atoms with Gasteiger partial charge in [0.1, 0.15) is 19.0 Å². The van der Waals surface area contributed by atoms with Crippen LogP contribution in [0.3, 0.4) is 0 Å². The second-order valence-electron chi connectivity index (χ2n) is 9.55. The standard InChI is InChI=1S/C29H31N7O10/c1-3-35(28(40)45-22-9-7-19(8-10-22)17-44-29(41)46-36-25(38)11-12-26(36)39)16-23-31-33-27(34-32-23)20-5-4-6-21(15-20)30-24(37)18-43-14-13-42-2/h4-10,15H,3,11-14,16-18H2,1-2H3,(H,30,37). The SMILES string of the molecule is CCN(Cc1nnc(-c2cccc(NC(=O)COCCOC)c2)nn1)C(=O)Oc1ccc(COC(=O)ON2C(=O)CCC2=O)cc1. The van der Waals surface area contributed by atoms with E-state index in [9.17, 15) is 24.0 Å². The molecule has 17 heteroatoms. The van der Waals surface area contributed by atoms with Crippen LogP contribution in [-0.2, 0) is 46.6 Å². The Balaban J connectivity index is 1.25. The molecule has 0 spiro atoms. The lowest BCUT2D eigenvalue weighted by atomic mass is 10.2. The van der Waals surface area contributed by atoms with E-state index < -0.39 is 24.1 Å². The molecule has 2 aromatic carbocycles. The van der Waals surface area contributed by atoms with Gasteiger partial charge in [0.05, 0.1) is 19.8 Å². The van der Waals surface area contributed by atoms with Crippen molar-refractivity contribution in [2.75, 3.05) is 38.8 Å².